The molecule has 4 rings (SSSR count). The van der Waals surface area contributed by atoms with Crippen LogP contribution in [0, 0.1) is 0 Å². The van der Waals surface area contributed by atoms with Gasteiger partial charge in [0, 0.05) is 55.1 Å². The number of alkyl halides is 9. The number of nitrogens with zero attached hydrogens (tertiary/aromatic N) is 3. The second-order valence-corrected chi connectivity index (χ2v) is 10.0. The molecular formula is C23H22F9N3O7S. The van der Waals surface area contributed by atoms with Gasteiger partial charge in [-0.25, -0.2) is 14.4 Å². The van der Waals surface area contributed by atoms with Crippen molar-refractivity contribution in [2.45, 2.75) is 42.3 Å². The van der Waals surface area contributed by atoms with Crippen molar-refractivity contribution in [1.29, 1.82) is 0 Å². The number of rotatable bonds is 4. The molecule has 2 fully saturated rings. The van der Waals surface area contributed by atoms with Crippen LogP contribution in [0.4, 0.5) is 39.5 Å². The minimum Gasteiger partial charge on any atom is -0.488 e. The predicted octanol–water partition coefficient (Wildman–Crippen LogP) is 4.52. The lowest BCUT2D eigenvalue weighted by molar-refractivity contribution is -0.193. The number of hydrogen-bond donors (Lipinski definition) is 3. The highest BCUT2D eigenvalue weighted by molar-refractivity contribution is 8.01. The van der Waals surface area contributed by atoms with E-state index < -0.39 is 36.4 Å². The fourth-order valence-electron chi connectivity index (χ4n) is 3.33. The lowest BCUT2D eigenvalue weighted by atomic mass is 9.92. The molecule has 240 valence electrons. The molecule has 43 heavy (non-hydrogen) atoms. The number of thioether (sulfide) groups is 1. The maximum absolute atomic E-state index is 10.6. The van der Waals surface area contributed by atoms with Crippen molar-refractivity contribution in [2.75, 3.05) is 18.8 Å². The average molecular weight is 655 g/mol. The molecule has 3 N–H and O–H groups in total. The number of carbonyl (C=O) groups is 3. The monoisotopic (exact) mass is 655 g/mol. The first-order valence-electron chi connectivity index (χ1n) is 11.4. The third kappa shape index (κ3) is 14.3. The van der Waals surface area contributed by atoms with Gasteiger partial charge in [0.2, 0.25) is 0 Å². The third-order valence-corrected chi connectivity index (χ3v) is 6.59. The van der Waals surface area contributed by atoms with Crippen molar-refractivity contribution in [3.63, 3.8) is 0 Å². The van der Waals surface area contributed by atoms with Gasteiger partial charge >= 0.3 is 36.4 Å². The zero-order valence-corrected chi connectivity index (χ0v) is 22.2. The normalized spacial score (nSPS) is 17.5. The fraction of sp³-hybridized carbons (Fsp3) is 0.435. The first-order valence-corrected chi connectivity index (χ1v) is 12.4. The van der Waals surface area contributed by atoms with E-state index in [9.17, 15) is 39.5 Å². The van der Waals surface area contributed by atoms with E-state index in [0.717, 1.165) is 37.6 Å². The van der Waals surface area contributed by atoms with Crippen LogP contribution in [0.2, 0.25) is 0 Å². The number of halogens is 9. The minimum atomic E-state index is -5.08. The van der Waals surface area contributed by atoms with E-state index in [4.69, 9.17) is 34.4 Å². The van der Waals surface area contributed by atoms with Crippen LogP contribution in [-0.4, -0.2) is 96.3 Å². The molecule has 0 aliphatic carbocycles. The summed E-state index contributed by atoms with van der Waals surface area (Å²) in [4.78, 5) is 37.4. The van der Waals surface area contributed by atoms with Gasteiger partial charge in [-0.1, -0.05) is 0 Å². The van der Waals surface area contributed by atoms with Gasteiger partial charge in [-0.05, 0) is 29.8 Å². The van der Waals surface area contributed by atoms with Crippen LogP contribution in [0.1, 0.15) is 12.0 Å². The minimum absolute atomic E-state index is 0.317. The van der Waals surface area contributed by atoms with Crippen LogP contribution in [0.5, 0.6) is 5.75 Å². The molecule has 2 aromatic rings. The highest BCUT2D eigenvalue weighted by Crippen LogP contribution is 2.46. The van der Waals surface area contributed by atoms with E-state index in [1.807, 2.05) is 24.5 Å². The van der Waals surface area contributed by atoms with E-state index in [1.165, 1.54) is 5.56 Å². The van der Waals surface area contributed by atoms with Crippen molar-refractivity contribution in [3.8, 4) is 5.75 Å². The lowest BCUT2D eigenvalue weighted by Crippen LogP contribution is -2.58. The summed E-state index contributed by atoms with van der Waals surface area (Å²) in [5.41, 5.74) is 1.34. The summed E-state index contributed by atoms with van der Waals surface area (Å²) in [6, 6.07) is 8.11. The molecule has 2 aliphatic rings. The average Bonchev–Trinajstić information content (AvgIpc) is 3.28. The van der Waals surface area contributed by atoms with Crippen LogP contribution in [0.25, 0.3) is 0 Å². The van der Waals surface area contributed by atoms with Crippen molar-refractivity contribution in [2.24, 2.45) is 0 Å². The SMILES string of the molecule is O=C(O)C(F)(F)F.O=C(O)C(F)(F)F.O=C(O)C(F)(F)F.c1cncc(OC2CSC3(C2)CN(Cc2ccncc2)C3)c1. The highest BCUT2D eigenvalue weighted by Gasteiger charge is 2.49. The molecule has 1 spiro atoms. The first kappa shape index (κ1) is 37.2. The van der Waals surface area contributed by atoms with Crippen LogP contribution < -0.4 is 4.74 Å². The molecule has 2 saturated heterocycles. The van der Waals surface area contributed by atoms with Gasteiger partial charge in [0.1, 0.15) is 11.9 Å². The Bertz CT molecular complexity index is 1120. The maximum atomic E-state index is 10.6. The summed E-state index contributed by atoms with van der Waals surface area (Å²) < 4.78 is 102. The number of ether oxygens (including phenoxy) is 1. The predicted molar refractivity (Wildman–Crippen MR) is 129 cm³/mol. The number of aliphatic carboxylic acids is 3. The van der Waals surface area contributed by atoms with E-state index >= 15 is 0 Å². The summed E-state index contributed by atoms with van der Waals surface area (Å²) in [5, 5.41) is 21.4. The Morgan fingerprint density at radius 3 is 1.70 bits per heavy atom. The second kappa shape index (κ2) is 15.6. The molecule has 0 bridgehead atoms. The van der Waals surface area contributed by atoms with Crippen LogP contribution in [0.3, 0.4) is 0 Å². The molecule has 4 heterocycles. The Morgan fingerprint density at radius 2 is 1.30 bits per heavy atom. The van der Waals surface area contributed by atoms with E-state index in [2.05, 4.69) is 38.8 Å². The standard InChI is InChI=1S/C17H19N3OS.3C2HF3O2/c1-2-15(9-19-5-1)21-16-8-17(22-11-16)12-20(13-17)10-14-3-6-18-7-4-14;3*3-2(4,5)1(6)7/h1-7,9,16H,8,10-13H2;3*(H,6,7). The van der Waals surface area contributed by atoms with Gasteiger partial charge in [-0.15, -0.1) is 11.8 Å². The van der Waals surface area contributed by atoms with Crippen molar-refractivity contribution in [1.82, 2.24) is 14.9 Å². The molecule has 10 nitrogen and oxygen atoms in total. The molecule has 2 aromatic heterocycles. The van der Waals surface area contributed by atoms with E-state index in [0.29, 0.717) is 10.9 Å². The molecule has 1 unspecified atom stereocenters. The number of likely N-dealkylation sites (tertiary alicyclic amines) is 1. The van der Waals surface area contributed by atoms with Gasteiger partial charge in [0.05, 0.1) is 6.20 Å². The molecule has 20 heteroatoms. The molecule has 0 amide bonds. The summed E-state index contributed by atoms with van der Waals surface area (Å²) in [6.07, 6.45) is -6.48. The number of aromatic nitrogens is 2. The zero-order valence-electron chi connectivity index (χ0n) is 21.4. The Hall–Kier alpha value is -3.81. The smallest absolute Gasteiger partial charge is 0.488 e. The van der Waals surface area contributed by atoms with Crippen LogP contribution in [-0.2, 0) is 20.9 Å². The summed E-state index contributed by atoms with van der Waals surface area (Å²) >= 11 is 2.07. The maximum Gasteiger partial charge on any atom is 0.490 e. The molecule has 0 saturated carbocycles. The second-order valence-electron chi connectivity index (χ2n) is 8.54. The number of carboxylic acids is 3. The van der Waals surface area contributed by atoms with Crippen LogP contribution >= 0.6 is 11.8 Å². The highest BCUT2D eigenvalue weighted by atomic mass is 32.2. The van der Waals surface area contributed by atoms with Gasteiger partial charge in [0.25, 0.3) is 0 Å². The third-order valence-electron chi connectivity index (χ3n) is 5.02. The summed E-state index contributed by atoms with van der Waals surface area (Å²) in [7, 11) is 0. The molecular weight excluding hydrogens is 633 g/mol. The van der Waals surface area contributed by atoms with Crippen molar-refractivity contribution < 1.29 is 74.0 Å². The van der Waals surface area contributed by atoms with Gasteiger partial charge < -0.3 is 20.1 Å². The van der Waals surface area contributed by atoms with Crippen molar-refractivity contribution >= 4 is 29.7 Å². The van der Waals surface area contributed by atoms with Crippen molar-refractivity contribution in [3.05, 3.63) is 54.6 Å². The molecule has 2 aliphatic heterocycles. The zero-order chi connectivity index (χ0) is 33.1. The van der Waals surface area contributed by atoms with Gasteiger partial charge in [-0.3, -0.25) is 14.9 Å². The largest absolute Gasteiger partial charge is 0.490 e. The van der Waals surface area contributed by atoms with Gasteiger partial charge in [0.15, 0.2) is 0 Å². The Morgan fingerprint density at radius 1 is 0.837 bits per heavy atom. The quantitative estimate of drug-likeness (QED) is 0.399. The van der Waals surface area contributed by atoms with Crippen LogP contribution in [0.15, 0.2) is 49.1 Å². The van der Waals surface area contributed by atoms with Gasteiger partial charge in [-0.2, -0.15) is 39.5 Å². The van der Waals surface area contributed by atoms with E-state index in [-0.39, 0.29) is 0 Å². The fourth-order valence-corrected chi connectivity index (χ4v) is 4.91. The van der Waals surface area contributed by atoms with E-state index in [1.54, 1.807) is 12.4 Å². The summed E-state index contributed by atoms with van der Waals surface area (Å²) in [5.74, 6) is -6.30. The number of pyridine rings is 2. The first-order chi connectivity index (χ1) is 19.6. The Balaban J connectivity index is 0.000000363. The molecule has 0 radical (unpaired) electrons. The lowest BCUT2D eigenvalue weighted by Gasteiger charge is -2.47. The number of carboxylic acid groups (broad SMARTS) is 3. The number of hydrogen-bond acceptors (Lipinski definition) is 8. The molecule has 0 aromatic carbocycles. The Labute approximate surface area is 240 Å². The molecule has 1 atom stereocenters. The summed E-state index contributed by atoms with van der Waals surface area (Å²) in [6.45, 7) is 3.35. The Kier molecular flexibility index (Phi) is 13.5. The topological polar surface area (TPSA) is 150 Å².